The second-order valence-corrected chi connectivity index (χ2v) is 19.0. The number of ether oxygens (including phenoxy) is 2. The SMILES string of the molecule is CC1(OC(=O)C2C3c4ccccc4C(c4ccccc43)C2C(=O)Nc2c(I)cc(C(=O)OCC(F)(F)S(=O)(=O)[O-])cc2I)C2CC3CC(C2)CC1C3. The van der Waals surface area contributed by atoms with Gasteiger partial charge >= 0.3 is 17.2 Å². The van der Waals surface area contributed by atoms with E-state index in [0.29, 0.717) is 36.5 Å². The molecule has 10 rings (SSSR count). The number of carbonyl (C=O) groups is 3. The van der Waals surface area contributed by atoms with Gasteiger partial charge in [-0.25, -0.2) is 13.2 Å². The summed E-state index contributed by atoms with van der Waals surface area (Å²) in [5.74, 6) is -2.57. The van der Waals surface area contributed by atoms with E-state index in [9.17, 15) is 36.1 Å². The Balaban J connectivity index is 1.12. The van der Waals surface area contributed by atoms with Crippen LogP contribution in [0.25, 0.3) is 0 Å². The van der Waals surface area contributed by atoms with Gasteiger partial charge in [0.2, 0.25) is 5.91 Å². The Labute approximate surface area is 327 Å². The topological polar surface area (TPSA) is 139 Å². The largest absolute Gasteiger partial charge is 0.743 e. The Morgan fingerprint density at radius 1 is 0.846 bits per heavy atom. The van der Waals surface area contributed by atoms with Crippen LogP contribution >= 0.6 is 45.2 Å². The molecule has 0 saturated heterocycles. The average Bonchev–Trinajstić information content (AvgIpc) is 3.09. The van der Waals surface area contributed by atoms with Crippen LogP contribution in [0.2, 0.25) is 0 Å². The van der Waals surface area contributed by atoms with Gasteiger partial charge in [0.05, 0.1) is 23.1 Å². The maximum absolute atomic E-state index is 14.9. The summed E-state index contributed by atoms with van der Waals surface area (Å²) in [5, 5.41) is -1.76. The number of fused-ring (bicyclic) bond motifs is 1. The molecule has 2 atom stereocenters. The molecule has 3 aromatic rings. The van der Waals surface area contributed by atoms with Crippen molar-refractivity contribution in [2.45, 2.75) is 61.7 Å². The Hall–Kier alpha value is -2.70. The smallest absolute Gasteiger partial charge is 0.367 e. The number of amides is 1. The quantitative estimate of drug-likeness (QED) is 0.140. The zero-order valence-electron chi connectivity index (χ0n) is 27.8. The first-order valence-corrected chi connectivity index (χ1v) is 20.8. The van der Waals surface area contributed by atoms with Gasteiger partial charge in [-0.2, -0.15) is 8.78 Å². The summed E-state index contributed by atoms with van der Waals surface area (Å²) in [5.41, 5.74) is 3.54. The third-order valence-electron chi connectivity index (χ3n) is 12.4. The molecule has 3 aromatic carbocycles. The molecule has 0 heterocycles. The summed E-state index contributed by atoms with van der Waals surface area (Å²) < 4.78 is 71.8. The lowest BCUT2D eigenvalue weighted by Crippen LogP contribution is -2.59. The first kappa shape index (κ1) is 36.3. The molecule has 0 radical (unpaired) electrons. The lowest BCUT2D eigenvalue weighted by molar-refractivity contribution is -0.209. The normalized spacial score (nSPS) is 31.0. The molecule has 1 N–H and O–H groups in total. The van der Waals surface area contributed by atoms with E-state index in [2.05, 4.69) is 17.0 Å². The number of halogens is 4. The maximum atomic E-state index is 14.9. The molecule has 9 nitrogen and oxygen atoms in total. The highest BCUT2D eigenvalue weighted by Crippen LogP contribution is 2.62. The number of carbonyl (C=O) groups excluding carboxylic acids is 3. The van der Waals surface area contributed by atoms with Gasteiger partial charge in [0.1, 0.15) is 5.60 Å². The second-order valence-electron chi connectivity index (χ2n) is 15.1. The van der Waals surface area contributed by atoms with Crippen LogP contribution in [0.3, 0.4) is 0 Å². The van der Waals surface area contributed by atoms with Crippen LogP contribution in [0.15, 0.2) is 60.7 Å². The van der Waals surface area contributed by atoms with Crippen molar-refractivity contribution in [3.8, 4) is 0 Å². The Morgan fingerprint density at radius 3 is 1.77 bits per heavy atom. The zero-order chi connectivity index (χ0) is 36.9. The van der Waals surface area contributed by atoms with E-state index >= 15 is 0 Å². The van der Waals surface area contributed by atoms with Crippen molar-refractivity contribution < 1.29 is 45.6 Å². The molecule has 52 heavy (non-hydrogen) atoms. The van der Waals surface area contributed by atoms with Crippen LogP contribution in [0, 0.1) is 42.6 Å². The van der Waals surface area contributed by atoms with Gasteiger partial charge in [-0.3, -0.25) is 9.59 Å². The minimum atomic E-state index is -6.04. The van der Waals surface area contributed by atoms with E-state index < -0.39 is 63.1 Å². The molecule has 0 aliphatic heterocycles. The number of alkyl halides is 2. The number of benzene rings is 3. The van der Waals surface area contributed by atoms with E-state index in [1.54, 1.807) is 0 Å². The van der Waals surface area contributed by atoms with Gasteiger partial charge in [0, 0.05) is 19.0 Å². The number of hydrogen-bond donors (Lipinski definition) is 1. The second kappa shape index (κ2) is 13.0. The monoisotopic (exact) mass is 956 g/mol. The van der Waals surface area contributed by atoms with Crippen LogP contribution in [0.5, 0.6) is 0 Å². The lowest BCUT2D eigenvalue weighted by atomic mass is 9.50. The van der Waals surface area contributed by atoms with Crippen LogP contribution in [0.1, 0.15) is 83.5 Å². The highest BCUT2D eigenvalue weighted by molar-refractivity contribution is 14.1. The molecule has 0 spiro atoms. The van der Waals surface area contributed by atoms with Gasteiger partial charge in [-0.05, 0) is 142 Å². The number of rotatable bonds is 8. The average molecular weight is 957 g/mol. The van der Waals surface area contributed by atoms with E-state index in [-0.39, 0.29) is 11.5 Å². The molecule has 6 bridgehead atoms. The van der Waals surface area contributed by atoms with E-state index in [4.69, 9.17) is 4.74 Å². The number of nitrogens with one attached hydrogen (secondary N) is 1. The molecule has 14 heteroatoms. The predicted molar refractivity (Wildman–Crippen MR) is 201 cm³/mol. The van der Waals surface area contributed by atoms with Crippen molar-refractivity contribution >= 4 is 78.8 Å². The van der Waals surface area contributed by atoms with Gasteiger partial charge in [0.25, 0.3) is 0 Å². The fraction of sp³-hybridized carbons (Fsp3) is 0.447. The molecular weight excluding hydrogens is 922 g/mol. The van der Waals surface area contributed by atoms with Crippen LogP contribution in [0.4, 0.5) is 14.5 Å². The molecule has 7 aliphatic carbocycles. The summed E-state index contributed by atoms with van der Waals surface area (Å²) in [7, 11) is -6.04. The summed E-state index contributed by atoms with van der Waals surface area (Å²) in [4.78, 5) is 42.2. The summed E-state index contributed by atoms with van der Waals surface area (Å²) in [6.45, 7) is 0.170. The molecule has 1 amide bonds. The highest BCUT2D eigenvalue weighted by Gasteiger charge is 2.60. The third-order valence-corrected chi connectivity index (χ3v) is 14.9. The van der Waals surface area contributed by atoms with E-state index in [0.717, 1.165) is 47.9 Å². The van der Waals surface area contributed by atoms with E-state index in [1.165, 1.54) is 18.6 Å². The first-order chi connectivity index (χ1) is 24.6. The van der Waals surface area contributed by atoms with E-state index in [1.807, 2.05) is 93.7 Å². The number of hydrogen-bond acceptors (Lipinski definition) is 8. The van der Waals surface area contributed by atoms with Gasteiger partial charge in [-0.15, -0.1) is 0 Å². The zero-order valence-corrected chi connectivity index (χ0v) is 33.0. The van der Waals surface area contributed by atoms with Crippen molar-refractivity contribution in [3.05, 3.63) is 95.6 Å². The highest BCUT2D eigenvalue weighted by atomic mass is 127. The minimum absolute atomic E-state index is 0.184. The van der Waals surface area contributed by atoms with Crippen LogP contribution in [-0.4, -0.2) is 48.3 Å². The minimum Gasteiger partial charge on any atom is -0.743 e. The van der Waals surface area contributed by atoms with Crippen LogP contribution < -0.4 is 5.32 Å². The van der Waals surface area contributed by atoms with Gasteiger partial charge in [-0.1, -0.05) is 48.5 Å². The van der Waals surface area contributed by atoms with Crippen molar-refractivity contribution in [2.24, 2.45) is 35.5 Å². The molecule has 274 valence electrons. The molecular formula is C38H34F2I2NO8S-. The maximum Gasteiger partial charge on any atom is 0.367 e. The molecule has 2 unspecified atom stereocenters. The molecule has 4 fully saturated rings. The molecule has 7 aliphatic rings. The summed E-state index contributed by atoms with van der Waals surface area (Å²) in [6.07, 6.45) is 5.50. The Bertz CT molecular complexity index is 2030. The first-order valence-electron chi connectivity index (χ1n) is 17.3. The lowest BCUT2D eigenvalue weighted by Gasteiger charge is -2.59. The van der Waals surface area contributed by atoms with Crippen molar-refractivity contribution in [1.29, 1.82) is 0 Å². The predicted octanol–water partition coefficient (Wildman–Crippen LogP) is 7.41. The molecule has 4 saturated carbocycles. The third kappa shape index (κ3) is 5.88. The number of anilines is 1. The summed E-state index contributed by atoms with van der Waals surface area (Å²) in [6, 6.07) is 18.5. The fourth-order valence-corrected chi connectivity index (χ4v) is 12.4. The van der Waals surface area contributed by atoms with Crippen molar-refractivity contribution in [2.75, 3.05) is 11.9 Å². The summed E-state index contributed by atoms with van der Waals surface area (Å²) >= 11 is 3.79. The Kier molecular flexibility index (Phi) is 9.05. The van der Waals surface area contributed by atoms with Gasteiger partial charge in [0.15, 0.2) is 16.7 Å². The van der Waals surface area contributed by atoms with Gasteiger partial charge < -0.3 is 19.3 Å². The standard InChI is InChI=1S/C38H35F2I2NO8S/c1-37(21-11-18-10-19(13-21)14-22(37)12-18)51-36(46)32-30-25-8-4-2-6-23(25)29(24-7-3-5-9-26(24)30)31(32)34(44)43-33-27(41)15-20(16-28(33)42)35(45)50-17-38(39,40)52(47,48)49/h2-9,15-16,18-19,21-22,29-32H,10-14,17H2,1H3,(H,43,44)(H,47,48,49)/p-1. The number of esters is 2. The molecule has 0 aromatic heterocycles. The Morgan fingerprint density at radius 2 is 1.31 bits per heavy atom. The van der Waals surface area contributed by atoms with Crippen molar-refractivity contribution in [1.82, 2.24) is 0 Å². The fourth-order valence-electron chi connectivity index (χ4n) is 10.2. The van der Waals surface area contributed by atoms with Crippen LogP contribution in [-0.2, 0) is 29.2 Å². The van der Waals surface area contributed by atoms with Crippen molar-refractivity contribution in [3.63, 3.8) is 0 Å².